The van der Waals surface area contributed by atoms with E-state index in [1.807, 2.05) is 13.8 Å². The van der Waals surface area contributed by atoms with Gasteiger partial charge in [0.1, 0.15) is 5.69 Å². The molecule has 0 unspecified atom stereocenters. The minimum atomic E-state index is -0.498. The molecular weight excluding hydrogens is 461 g/mol. The highest BCUT2D eigenvalue weighted by molar-refractivity contribution is 6.34. The number of nitro groups is 1. The smallest absolute Gasteiger partial charge is 0.353 e. The number of aryl methyl sites for hydroxylation is 2. The fraction of sp³-hybridized carbons (Fsp3) is 0.389. The average molecular weight is 480 g/mol. The lowest BCUT2D eigenvalue weighted by Crippen LogP contribution is -2.17. The Kier molecular flexibility index (Phi) is 5.73. The fourth-order valence-electron chi connectivity index (χ4n) is 3.39. The summed E-state index contributed by atoms with van der Waals surface area (Å²) < 4.78 is 10.4. The molecule has 4 aromatic rings. The number of rotatable bonds is 7. The van der Waals surface area contributed by atoms with E-state index in [1.54, 1.807) is 29.4 Å². The minimum absolute atomic E-state index is 0.0630. The Balaban J connectivity index is 1.56. The molecule has 0 spiro atoms. The second kappa shape index (κ2) is 8.36. The molecule has 4 rings (SSSR count). The highest BCUT2D eigenvalue weighted by atomic mass is 35.5. The van der Waals surface area contributed by atoms with E-state index in [0.29, 0.717) is 29.1 Å². The molecule has 4 heterocycles. The molecule has 12 nitrogen and oxygen atoms in total. The maximum absolute atomic E-state index is 11.7. The summed E-state index contributed by atoms with van der Waals surface area (Å²) in [7, 11) is 1.74. The Labute approximate surface area is 191 Å². The summed E-state index contributed by atoms with van der Waals surface area (Å²) in [5.41, 5.74) is 1.42. The lowest BCUT2D eigenvalue weighted by molar-refractivity contribution is -0.386. The summed E-state index contributed by atoms with van der Waals surface area (Å²) in [5, 5.41) is 25.5. The molecule has 0 saturated heterocycles. The van der Waals surface area contributed by atoms with Crippen molar-refractivity contribution >= 4 is 39.9 Å². The molecule has 1 atom stereocenters. The summed E-state index contributed by atoms with van der Waals surface area (Å²) in [4.78, 5) is 19.3. The Hall–Kier alpha value is -3.25. The molecular formula is C18H19Cl2N9O3. The molecule has 14 heteroatoms. The predicted octanol–water partition coefficient (Wildman–Crippen LogP) is 3.29. The first kappa shape index (κ1) is 22.0. The van der Waals surface area contributed by atoms with Gasteiger partial charge in [-0.25, -0.2) is 14.3 Å². The minimum Gasteiger partial charge on any atom is -0.471 e. The maximum Gasteiger partial charge on any atom is 0.353 e. The van der Waals surface area contributed by atoms with Gasteiger partial charge < -0.3 is 4.74 Å². The molecule has 168 valence electrons. The van der Waals surface area contributed by atoms with Crippen molar-refractivity contribution in [3.05, 3.63) is 44.2 Å². The Morgan fingerprint density at radius 3 is 2.66 bits per heavy atom. The van der Waals surface area contributed by atoms with Gasteiger partial charge in [0, 0.05) is 31.8 Å². The van der Waals surface area contributed by atoms with Crippen LogP contribution in [0.2, 0.25) is 10.4 Å². The molecule has 0 aliphatic carbocycles. The lowest BCUT2D eigenvalue weighted by Gasteiger charge is -2.12. The van der Waals surface area contributed by atoms with Crippen molar-refractivity contribution in [1.29, 1.82) is 0 Å². The molecule has 0 N–H and O–H groups in total. The molecule has 0 saturated carbocycles. The second-order valence-electron chi connectivity index (χ2n) is 7.44. The van der Waals surface area contributed by atoms with Gasteiger partial charge in [0.15, 0.2) is 16.6 Å². The SMILES string of the molecule is Cc1cc(-n2nc(OC[C@H](C)Cn3nc(Cl)c4cnc(Cl)nc43)c([N+](=O)[O-])c2C)n(C)n1. The van der Waals surface area contributed by atoms with E-state index in [4.69, 9.17) is 27.9 Å². The number of ether oxygens (including phenoxy) is 1. The van der Waals surface area contributed by atoms with Crippen LogP contribution in [0.4, 0.5) is 5.69 Å². The van der Waals surface area contributed by atoms with Crippen molar-refractivity contribution in [2.45, 2.75) is 27.3 Å². The number of hydrogen-bond donors (Lipinski definition) is 0. The van der Waals surface area contributed by atoms with Crippen LogP contribution in [0.1, 0.15) is 18.3 Å². The Morgan fingerprint density at radius 2 is 2.00 bits per heavy atom. The van der Waals surface area contributed by atoms with Crippen molar-refractivity contribution < 1.29 is 9.66 Å². The van der Waals surface area contributed by atoms with E-state index < -0.39 is 4.92 Å². The van der Waals surface area contributed by atoms with Crippen molar-refractivity contribution in [1.82, 2.24) is 39.3 Å². The first-order valence-corrected chi connectivity index (χ1v) is 10.3. The van der Waals surface area contributed by atoms with Crippen molar-refractivity contribution in [3.8, 4) is 11.7 Å². The van der Waals surface area contributed by atoms with Gasteiger partial charge in [-0.3, -0.25) is 14.8 Å². The van der Waals surface area contributed by atoms with Crippen LogP contribution in [-0.4, -0.2) is 50.8 Å². The van der Waals surface area contributed by atoms with Gasteiger partial charge in [0.25, 0.3) is 0 Å². The zero-order valence-electron chi connectivity index (χ0n) is 17.7. The third-order valence-corrected chi connectivity index (χ3v) is 5.30. The topological polar surface area (TPSA) is 132 Å². The van der Waals surface area contributed by atoms with Crippen LogP contribution in [0.5, 0.6) is 5.88 Å². The first-order chi connectivity index (χ1) is 15.2. The van der Waals surface area contributed by atoms with Crippen molar-refractivity contribution in [2.24, 2.45) is 13.0 Å². The van der Waals surface area contributed by atoms with Crippen LogP contribution in [-0.2, 0) is 13.6 Å². The number of hydrogen-bond acceptors (Lipinski definition) is 8. The summed E-state index contributed by atoms with van der Waals surface area (Å²) in [6.07, 6.45) is 1.51. The van der Waals surface area contributed by atoms with Crippen molar-refractivity contribution in [2.75, 3.05) is 6.61 Å². The first-order valence-electron chi connectivity index (χ1n) is 9.58. The molecule has 32 heavy (non-hydrogen) atoms. The van der Waals surface area contributed by atoms with Gasteiger partial charge in [0.05, 0.1) is 22.6 Å². The summed E-state index contributed by atoms with van der Waals surface area (Å²) in [6.45, 7) is 5.90. The fourth-order valence-corrected chi connectivity index (χ4v) is 3.75. The number of aromatic nitrogens is 8. The van der Waals surface area contributed by atoms with Gasteiger partial charge in [0.2, 0.25) is 5.28 Å². The average Bonchev–Trinajstić information content (AvgIpc) is 3.33. The highest BCUT2D eigenvalue weighted by Gasteiger charge is 2.29. The van der Waals surface area contributed by atoms with E-state index in [2.05, 4.69) is 25.3 Å². The molecule has 0 aliphatic rings. The third-order valence-electron chi connectivity index (χ3n) is 4.83. The van der Waals surface area contributed by atoms with E-state index in [0.717, 1.165) is 5.69 Å². The van der Waals surface area contributed by atoms with Gasteiger partial charge in [-0.05, 0) is 25.4 Å². The number of halogens is 2. The van der Waals surface area contributed by atoms with Crippen LogP contribution >= 0.6 is 23.2 Å². The Morgan fingerprint density at radius 1 is 1.25 bits per heavy atom. The van der Waals surface area contributed by atoms with Gasteiger partial charge in [-0.15, -0.1) is 5.10 Å². The predicted molar refractivity (Wildman–Crippen MR) is 116 cm³/mol. The largest absolute Gasteiger partial charge is 0.471 e. The Bertz CT molecular complexity index is 1330. The molecule has 0 bridgehead atoms. The zero-order valence-corrected chi connectivity index (χ0v) is 19.2. The normalized spacial score (nSPS) is 12.4. The number of nitrogens with zero attached hydrogens (tertiary/aromatic N) is 9. The van der Waals surface area contributed by atoms with Gasteiger partial charge in [-0.1, -0.05) is 18.5 Å². The molecule has 0 aromatic carbocycles. The van der Waals surface area contributed by atoms with Crippen LogP contribution in [0.15, 0.2) is 12.3 Å². The molecule has 0 aliphatic heterocycles. The van der Waals surface area contributed by atoms with E-state index in [1.165, 1.54) is 10.9 Å². The van der Waals surface area contributed by atoms with Gasteiger partial charge >= 0.3 is 11.6 Å². The summed E-state index contributed by atoms with van der Waals surface area (Å²) in [6, 6.07) is 1.79. The van der Waals surface area contributed by atoms with Crippen LogP contribution < -0.4 is 4.74 Å². The van der Waals surface area contributed by atoms with E-state index in [-0.39, 0.29) is 34.5 Å². The second-order valence-corrected chi connectivity index (χ2v) is 8.14. The van der Waals surface area contributed by atoms with Gasteiger partial charge in [-0.2, -0.15) is 15.2 Å². The van der Waals surface area contributed by atoms with E-state index >= 15 is 0 Å². The van der Waals surface area contributed by atoms with Crippen LogP contribution in [0.3, 0.4) is 0 Å². The van der Waals surface area contributed by atoms with E-state index in [9.17, 15) is 10.1 Å². The molecule has 4 aromatic heterocycles. The summed E-state index contributed by atoms with van der Waals surface area (Å²) >= 11 is 12.0. The quantitative estimate of drug-likeness (QED) is 0.224. The van der Waals surface area contributed by atoms with Crippen molar-refractivity contribution in [3.63, 3.8) is 0 Å². The molecule has 0 amide bonds. The standard InChI is InChI=1S/C18H19Cl2N9O3/c1-9(7-27-16-12(15(19)24-27)6-21-18(20)22-16)8-32-17-14(29(30)31)11(3)28(25-17)13-5-10(2)23-26(13)4/h5-6,9H,7-8H2,1-4H3/t9-/m1/s1. The molecule has 0 radical (unpaired) electrons. The zero-order chi connectivity index (χ0) is 23.2. The lowest BCUT2D eigenvalue weighted by atomic mass is 10.2. The monoisotopic (exact) mass is 479 g/mol. The highest BCUT2D eigenvalue weighted by Crippen LogP contribution is 2.32. The van der Waals surface area contributed by atoms with Crippen LogP contribution in [0, 0.1) is 29.9 Å². The summed E-state index contributed by atoms with van der Waals surface area (Å²) in [5.74, 6) is 0.430. The van der Waals surface area contributed by atoms with Crippen LogP contribution in [0.25, 0.3) is 16.9 Å². The maximum atomic E-state index is 11.7. The number of fused-ring (bicyclic) bond motifs is 1. The molecule has 0 fully saturated rings. The third kappa shape index (κ3) is 3.98.